The Hall–Kier alpha value is -1.88. The van der Waals surface area contributed by atoms with E-state index in [1.165, 1.54) is 11.3 Å². The smallest absolute Gasteiger partial charge is 0.0793 e. The molecule has 2 unspecified atom stereocenters. The average molecular weight is 339 g/mol. The van der Waals surface area contributed by atoms with E-state index in [0.29, 0.717) is 12.6 Å². The normalized spacial score (nSPS) is 19.2. The minimum absolute atomic E-state index is 0.316. The number of likely N-dealkylation sites (tertiary alicyclic amines) is 1. The number of rotatable bonds is 8. The lowest BCUT2D eigenvalue weighted by atomic mass is 10.2. The van der Waals surface area contributed by atoms with Gasteiger partial charge in [-0.1, -0.05) is 48.5 Å². The quantitative estimate of drug-likeness (QED) is 0.776. The zero-order valence-electron chi connectivity index (χ0n) is 15.0. The summed E-state index contributed by atoms with van der Waals surface area (Å²) in [5.41, 5.74) is 2.46. The van der Waals surface area contributed by atoms with Crippen LogP contribution in [0.5, 0.6) is 0 Å². The number of aliphatic hydroxyl groups excluding tert-OH is 1. The minimum atomic E-state index is -0.316. The first-order valence-corrected chi connectivity index (χ1v) is 9.13. The van der Waals surface area contributed by atoms with E-state index < -0.39 is 0 Å². The van der Waals surface area contributed by atoms with Gasteiger partial charge >= 0.3 is 0 Å². The highest BCUT2D eigenvalue weighted by Gasteiger charge is 2.24. The lowest BCUT2D eigenvalue weighted by Gasteiger charge is -2.24. The van der Waals surface area contributed by atoms with Crippen LogP contribution >= 0.6 is 0 Å². The number of nitrogens with one attached hydrogen (secondary N) is 1. The van der Waals surface area contributed by atoms with Crippen molar-refractivity contribution in [2.24, 2.45) is 0 Å². The van der Waals surface area contributed by atoms with Gasteiger partial charge in [0.2, 0.25) is 0 Å². The van der Waals surface area contributed by atoms with Crippen LogP contribution in [0.25, 0.3) is 0 Å². The van der Waals surface area contributed by atoms with Crippen molar-refractivity contribution in [3.05, 3.63) is 66.2 Å². The summed E-state index contributed by atoms with van der Waals surface area (Å²) in [7, 11) is 2.07. The molecule has 0 spiro atoms. The first-order valence-electron chi connectivity index (χ1n) is 9.13. The highest BCUT2D eigenvalue weighted by Crippen LogP contribution is 2.16. The van der Waals surface area contributed by atoms with Crippen molar-refractivity contribution in [2.45, 2.75) is 25.1 Å². The number of likely N-dealkylation sites (N-methyl/N-ethyl adjacent to an activating group) is 1. The molecule has 3 rings (SSSR count). The molecule has 0 saturated carbocycles. The summed E-state index contributed by atoms with van der Waals surface area (Å²) in [6.07, 6.45) is 0.811. The maximum Gasteiger partial charge on any atom is 0.0793 e. The molecule has 1 aliphatic heterocycles. The fourth-order valence-corrected chi connectivity index (χ4v) is 3.56. The maximum atomic E-state index is 10.4. The molecule has 134 valence electrons. The van der Waals surface area contributed by atoms with Crippen LogP contribution in [0.2, 0.25) is 0 Å². The second-order valence-electron chi connectivity index (χ2n) is 7.09. The molecule has 2 N–H and O–H groups in total. The van der Waals surface area contributed by atoms with Gasteiger partial charge in [0.05, 0.1) is 6.10 Å². The van der Waals surface area contributed by atoms with E-state index in [-0.39, 0.29) is 6.10 Å². The Labute approximate surface area is 151 Å². The monoisotopic (exact) mass is 339 g/mol. The lowest BCUT2D eigenvalue weighted by Crippen LogP contribution is -2.38. The second kappa shape index (κ2) is 8.99. The van der Waals surface area contributed by atoms with Crippen LogP contribution in [0.4, 0.5) is 5.69 Å². The second-order valence-corrected chi connectivity index (χ2v) is 7.09. The van der Waals surface area contributed by atoms with Gasteiger partial charge in [0.25, 0.3) is 0 Å². The number of anilines is 1. The van der Waals surface area contributed by atoms with Crippen molar-refractivity contribution in [3.63, 3.8) is 0 Å². The summed E-state index contributed by atoms with van der Waals surface area (Å²) < 4.78 is 0. The fourth-order valence-electron chi connectivity index (χ4n) is 3.56. The summed E-state index contributed by atoms with van der Waals surface area (Å²) >= 11 is 0. The molecule has 2 atom stereocenters. The van der Waals surface area contributed by atoms with Crippen molar-refractivity contribution in [3.8, 4) is 0 Å². The molecular formula is C21H29N3O. The largest absolute Gasteiger partial charge is 0.390 e. The van der Waals surface area contributed by atoms with Crippen LogP contribution in [0, 0.1) is 0 Å². The molecular weight excluding hydrogens is 310 g/mol. The summed E-state index contributed by atoms with van der Waals surface area (Å²) in [5.74, 6) is 0. The summed E-state index contributed by atoms with van der Waals surface area (Å²) in [6.45, 7) is 4.35. The van der Waals surface area contributed by atoms with Crippen LogP contribution in [0.1, 0.15) is 12.0 Å². The van der Waals surface area contributed by atoms with Crippen molar-refractivity contribution in [1.82, 2.24) is 9.80 Å². The summed E-state index contributed by atoms with van der Waals surface area (Å²) in [5, 5.41) is 14.0. The molecule has 0 aliphatic carbocycles. The van der Waals surface area contributed by atoms with Gasteiger partial charge in [0.1, 0.15) is 0 Å². The molecule has 1 saturated heterocycles. The Balaban J connectivity index is 1.39. The SMILES string of the molecule is CN(Cc1ccccc1)CC(O)CN1CCC(Nc2ccccc2)C1. The Morgan fingerprint density at radius 1 is 1.12 bits per heavy atom. The number of hydrogen-bond acceptors (Lipinski definition) is 4. The van der Waals surface area contributed by atoms with Crippen molar-refractivity contribution >= 4 is 5.69 Å². The number of aliphatic hydroxyl groups is 1. The van der Waals surface area contributed by atoms with E-state index in [1.54, 1.807) is 0 Å². The van der Waals surface area contributed by atoms with Crippen LogP contribution < -0.4 is 5.32 Å². The van der Waals surface area contributed by atoms with E-state index in [2.05, 4.69) is 70.7 Å². The highest BCUT2D eigenvalue weighted by atomic mass is 16.3. The maximum absolute atomic E-state index is 10.4. The van der Waals surface area contributed by atoms with Gasteiger partial charge in [0, 0.05) is 44.5 Å². The van der Waals surface area contributed by atoms with E-state index in [4.69, 9.17) is 0 Å². The molecule has 0 bridgehead atoms. The number of para-hydroxylation sites is 1. The van der Waals surface area contributed by atoms with Gasteiger partial charge in [-0.3, -0.25) is 9.80 Å². The Bertz CT molecular complexity index is 620. The topological polar surface area (TPSA) is 38.7 Å². The third-order valence-electron chi connectivity index (χ3n) is 4.70. The van der Waals surface area contributed by atoms with Crippen molar-refractivity contribution < 1.29 is 5.11 Å². The summed E-state index contributed by atoms with van der Waals surface area (Å²) in [4.78, 5) is 4.55. The average Bonchev–Trinajstić information content (AvgIpc) is 3.03. The van der Waals surface area contributed by atoms with Crippen LogP contribution in [0.3, 0.4) is 0 Å². The molecule has 0 aromatic heterocycles. The van der Waals surface area contributed by atoms with Gasteiger partial charge in [-0.15, -0.1) is 0 Å². The number of benzene rings is 2. The van der Waals surface area contributed by atoms with E-state index in [0.717, 1.165) is 32.6 Å². The molecule has 25 heavy (non-hydrogen) atoms. The standard InChI is InChI=1S/C21H29N3O/c1-23(14-18-8-4-2-5-9-18)16-21(25)17-24-13-12-20(15-24)22-19-10-6-3-7-11-19/h2-11,20-22,25H,12-17H2,1H3. The predicted octanol–water partition coefficient (Wildman–Crippen LogP) is 2.67. The molecule has 2 aromatic carbocycles. The first kappa shape index (κ1) is 17.9. The Morgan fingerprint density at radius 3 is 2.52 bits per heavy atom. The van der Waals surface area contributed by atoms with Crippen LogP contribution in [-0.2, 0) is 6.54 Å². The number of β-amino-alcohol motifs (C(OH)–C–C–N with tert-alkyl or cyclic N) is 1. The van der Waals surface area contributed by atoms with Gasteiger partial charge in [-0.25, -0.2) is 0 Å². The third-order valence-corrected chi connectivity index (χ3v) is 4.70. The number of hydrogen-bond donors (Lipinski definition) is 2. The van der Waals surface area contributed by atoms with Crippen LogP contribution in [-0.4, -0.2) is 60.3 Å². The zero-order valence-corrected chi connectivity index (χ0v) is 15.0. The lowest BCUT2D eigenvalue weighted by molar-refractivity contribution is 0.0881. The molecule has 1 heterocycles. The van der Waals surface area contributed by atoms with E-state index >= 15 is 0 Å². The van der Waals surface area contributed by atoms with Crippen molar-refractivity contribution in [2.75, 3.05) is 38.5 Å². The van der Waals surface area contributed by atoms with E-state index in [9.17, 15) is 5.11 Å². The Kier molecular flexibility index (Phi) is 6.45. The zero-order chi connectivity index (χ0) is 17.5. The molecule has 0 amide bonds. The number of nitrogens with zero attached hydrogens (tertiary/aromatic N) is 2. The molecule has 1 fully saturated rings. The molecule has 0 radical (unpaired) electrons. The van der Waals surface area contributed by atoms with Crippen molar-refractivity contribution in [1.29, 1.82) is 0 Å². The van der Waals surface area contributed by atoms with Gasteiger partial charge in [0.15, 0.2) is 0 Å². The predicted molar refractivity (Wildman–Crippen MR) is 104 cm³/mol. The van der Waals surface area contributed by atoms with E-state index in [1.807, 2.05) is 12.1 Å². The molecule has 4 nitrogen and oxygen atoms in total. The summed E-state index contributed by atoms with van der Waals surface area (Å²) in [6, 6.07) is 21.2. The van der Waals surface area contributed by atoms with Gasteiger partial charge in [-0.05, 0) is 31.2 Å². The third kappa shape index (κ3) is 5.85. The highest BCUT2D eigenvalue weighted by molar-refractivity contribution is 5.43. The fraction of sp³-hybridized carbons (Fsp3) is 0.429. The molecule has 4 heteroatoms. The first-order chi connectivity index (χ1) is 12.2. The van der Waals surface area contributed by atoms with Gasteiger partial charge < -0.3 is 10.4 Å². The molecule has 1 aliphatic rings. The molecule has 2 aromatic rings. The van der Waals surface area contributed by atoms with Gasteiger partial charge in [-0.2, -0.15) is 0 Å². The van der Waals surface area contributed by atoms with Crippen LogP contribution in [0.15, 0.2) is 60.7 Å². The Morgan fingerprint density at radius 2 is 1.80 bits per heavy atom. The minimum Gasteiger partial charge on any atom is -0.390 e.